The molecule has 0 bridgehead atoms. The number of rotatable bonds is 4. The van der Waals surface area contributed by atoms with Crippen molar-refractivity contribution in [3.8, 4) is 0 Å². The van der Waals surface area contributed by atoms with Gasteiger partial charge in [0.2, 0.25) is 0 Å². The van der Waals surface area contributed by atoms with Crippen molar-refractivity contribution in [1.82, 2.24) is 5.32 Å². The molecule has 1 unspecified atom stereocenters. The molecule has 0 spiro atoms. The van der Waals surface area contributed by atoms with Gasteiger partial charge in [0.15, 0.2) is 0 Å². The van der Waals surface area contributed by atoms with Gasteiger partial charge in [0.05, 0.1) is 12.7 Å². The highest BCUT2D eigenvalue weighted by atomic mass is 16.3. The predicted molar refractivity (Wildman–Crippen MR) is 52.6 cm³/mol. The molecule has 0 aliphatic heterocycles. The molecule has 3 heteroatoms. The highest BCUT2D eigenvalue weighted by molar-refractivity contribution is 4.91. The van der Waals surface area contributed by atoms with Crippen LogP contribution < -0.4 is 5.32 Å². The average molecular weight is 187 g/mol. The van der Waals surface area contributed by atoms with Gasteiger partial charge < -0.3 is 15.5 Å². The highest BCUT2D eigenvalue weighted by Crippen LogP contribution is 2.22. The van der Waals surface area contributed by atoms with Crippen molar-refractivity contribution in [3.63, 3.8) is 0 Å². The van der Waals surface area contributed by atoms with Crippen LogP contribution in [-0.4, -0.2) is 34.5 Å². The Morgan fingerprint density at radius 3 is 2.54 bits per heavy atom. The summed E-state index contributed by atoms with van der Waals surface area (Å²) in [7, 11) is 0. The van der Waals surface area contributed by atoms with E-state index in [0.29, 0.717) is 0 Å². The van der Waals surface area contributed by atoms with E-state index in [1.807, 2.05) is 13.8 Å². The van der Waals surface area contributed by atoms with Crippen molar-refractivity contribution in [2.24, 2.45) is 0 Å². The van der Waals surface area contributed by atoms with Crippen LogP contribution in [0, 0.1) is 0 Å². The van der Waals surface area contributed by atoms with Gasteiger partial charge in [-0.1, -0.05) is 6.92 Å². The van der Waals surface area contributed by atoms with E-state index in [1.54, 1.807) is 0 Å². The lowest BCUT2D eigenvalue weighted by Crippen LogP contribution is -2.52. The van der Waals surface area contributed by atoms with E-state index in [0.717, 1.165) is 25.7 Å². The molecule has 0 radical (unpaired) electrons. The first-order valence-corrected chi connectivity index (χ1v) is 5.18. The zero-order valence-electron chi connectivity index (χ0n) is 8.58. The number of nitrogens with one attached hydrogen (secondary N) is 1. The fourth-order valence-corrected chi connectivity index (χ4v) is 1.82. The number of aliphatic hydroxyl groups is 2. The van der Waals surface area contributed by atoms with Gasteiger partial charge in [-0.05, 0) is 32.6 Å². The minimum atomic E-state index is -0.226. The molecule has 0 heterocycles. The molecule has 0 aromatic carbocycles. The summed E-state index contributed by atoms with van der Waals surface area (Å²) in [5, 5.41) is 22.1. The quantitative estimate of drug-likeness (QED) is 0.605. The maximum absolute atomic E-state index is 9.60. The number of hydrogen-bond acceptors (Lipinski definition) is 3. The fraction of sp³-hybridized carbons (Fsp3) is 1.00. The van der Waals surface area contributed by atoms with Gasteiger partial charge in [-0.25, -0.2) is 0 Å². The lowest BCUT2D eigenvalue weighted by molar-refractivity contribution is 0.101. The van der Waals surface area contributed by atoms with Crippen molar-refractivity contribution < 1.29 is 10.2 Å². The normalized spacial score (nSPS) is 33.2. The SMILES string of the molecule is CCC(C)(CO)N[C@@H]1CCC[C@H]1O. The summed E-state index contributed by atoms with van der Waals surface area (Å²) in [6.45, 7) is 4.18. The molecule has 3 atom stereocenters. The second-order valence-electron chi connectivity index (χ2n) is 4.32. The molecule has 0 amide bonds. The van der Waals surface area contributed by atoms with Crippen LogP contribution in [0.25, 0.3) is 0 Å². The number of hydrogen-bond donors (Lipinski definition) is 3. The minimum absolute atomic E-state index is 0.132. The van der Waals surface area contributed by atoms with Crippen molar-refractivity contribution in [2.45, 2.75) is 57.2 Å². The fourth-order valence-electron chi connectivity index (χ4n) is 1.82. The Morgan fingerprint density at radius 1 is 1.46 bits per heavy atom. The van der Waals surface area contributed by atoms with Gasteiger partial charge in [-0.2, -0.15) is 0 Å². The first kappa shape index (κ1) is 11.0. The molecule has 3 N–H and O–H groups in total. The van der Waals surface area contributed by atoms with Crippen molar-refractivity contribution in [1.29, 1.82) is 0 Å². The number of aliphatic hydroxyl groups excluding tert-OH is 2. The Bertz CT molecular complexity index is 157. The van der Waals surface area contributed by atoms with Crippen LogP contribution in [0.3, 0.4) is 0 Å². The summed E-state index contributed by atoms with van der Waals surface area (Å²) in [5.74, 6) is 0. The van der Waals surface area contributed by atoms with E-state index >= 15 is 0 Å². The lowest BCUT2D eigenvalue weighted by Gasteiger charge is -2.32. The topological polar surface area (TPSA) is 52.5 Å². The third kappa shape index (κ3) is 2.66. The lowest BCUT2D eigenvalue weighted by atomic mass is 9.98. The van der Waals surface area contributed by atoms with Crippen LogP contribution >= 0.6 is 0 Å². The molecule has 0 saturated heterocycles. The zero-order chi connectivity index (χ0) is 9.90. The summed E-state index contributed by atoms with van der Waals surface area (Å²) in [6, 6.07) is 0.178. The van der Waals surface area contributed by atoms with E-state index in [9.17, 15) is 10.2 Å². The Kier molecular flexibility index (Phi) is 3.71. The smallest absolute Gasteiger partial charge is 0.0693 e. The van der Waals surface area contributed by atoms with E-state index in [2.05, 4.69) is 5.32 Å². The zero-order valence-corrected chi connectivity index (χ0v) is 8.58. The summed E-state index contributed by atoms with van der Waals surface area (Å²) in [6.07, 6.45) is 3.66. The highest BCUT2D eigenvalue weighted by Gasteiger charge is 2.31. The standard InChI is InChI=1S/C10H21NO2/c1-3-10(2,7-12)11-8-5-4-6-9(8)13/h8-9,11-13H,3-7H2,1-2H3/t8-,9-,10?/m1/s1. The monoisotopic (exact) mass is 187 g/mol. The van der Waals surface area contributed by atoms with Crippen LogP contribution in [0.4, 0.5) is 0 Å². The molecule has 0 aromatic heterocycles. The largest absolute Gasteiger partial charge is 0.394 e. The molecular weight excluding hydrogens is 166 g/mol. The Balaban J connectivity index is 2.45. The Hall–Kier alpha value is -0.120. The van der Waals surface area contributed by atoms with Crippen LogP contribution in [0.5, 0.6) is 0 Å². The minimum Gasteiger partial charge on any atom is -0.394 e. The molecule has 78 valence electrons. The first-order valence-electron chi connectivity index (χ1n) is 5.18. The molecule has 1 aliphatic rings. The second kappa shape index (κ2) is 4.40. The summed E-state index contributed by atoms with van der Waals surface area (Å²) >= 11 is 0. The van der Waals surface area contributed by atoms with Gasteiger partial charge in [-0.3, -0.25) is 0 Å². The van der Waals surface area contributed by atoms with Crippen LogP contribution in [-0.2, 0) is 0 Å². The van der Waals surface area contributed by atoms with Crippen LogP contribution in [0.15, 0.2) is 0 Å². The molecule has 0 aromatic rings. The Morgan fingerprint density at radius 2 is 2.15 bits per heavy atom. The molecule has 1 rings (SSSR count). The molecule has 3 nitrogen and oxygen atoms in total. The summed E-state index contributed by atoms with van der Waals surface area (Å²) in [5.41, 5.74) is -0.226. The maximum atomic E-state index is 9.60. The van der Waals surface area contributed by atoms with Crippen LogP contribution in [0.2, 0.25) is 0 Å². The predicted octanol–water partition coefficient (Wildman–Crippen LogP) is 0.650. The van der Waals surface area contributed by atoms with Crippen LogP contribution in [0.1, 0.15) is 39.5 Å². The third-order valence-corrected chi connectivity index (χ3v) is 3.14. The van der Waals surface area contributed by atoms with Gasteiger partial charge in [-0.15, -0.1) is 0 Å². The molecular formula is C10H21NO2. The average Bonchev–Trinajstić information content (AvgIpc) is 2.52. The van der Waals surface area contributed by atoms with E-state index in [4.69, 9.17) is 0 Å². The summed E-state index contributed by atoms with van der Waals surface area (Å²) in [4.78, 5) is 0. The second-order valence-corrected chi connectivity index (χ2v) is 4.32. The van der Waals surface area contributed by atoms with Crippen molar-refractivity contribution >= 4 is 0 Å². The molecule has 1 saturated carbocycles. The maximum Gasteiger partial charge on any atom is 0.0693 e. The van der Waals surface area contributed by atoms with Gasteiger partial charge in [0, 0.05) is 11.6 Å². The van der Waals surface area contributed by atoms with Crippen molar-refractivity contribution in [2.75, 3.05) is 6.61 Å². The van der Waals surface area contributed by atoms with E-state index in [1.165, 1.54) is 0 Å². The van der Waals surface area contributed by atoms with Crippen molar-refractivity contribution in [3.05, 3.63) is 0 Å². The summed E-state index contributed by atoms with van der Waals surface area (Å²) < 4.78 is 0. The van der Waals surface area contributed by atoms with Gasteiger partial charge in [0.25, 0.3) is 0 Å². The van der Waals surface area contributed by atoms with Gasteiger partial charge >= 0.3 is 0 Å². The molecule has 1 aliphatic carbocycles. The van der Waals surface area contributed by atoms with E-state index < -0.39 is 0 Å². The Labute approximate surface area is 80.2 Å². The molecule has 1 fully saturated rings. The first-order chi connectivity index (χ1) is 6.11. The third-order valence-electron chi connectivity index (χ3n) is 3.14. The van der Waals surface area contributed by atoms with Gasteiger partial charge in [0.1, 0.15) is 0 Å². The van der Waals surface area contributed by atoms with E-state index in [-0.39, 0.29) is 24.3 Å². The molecule has 13 heavy (non-hydrogen) atoms.